The quantitative estimate of drug-likeness (QED) is 0.322. The van der Waals surface area contributed by atoms with Crippen LogP contribution in [-0.2, 0) is 14.3 Å². The number of methoxy groups -OCH3 is 1. The molecule has 0 bridgehead atoms. The van der Waals surface area contributed by atoms with Gasteiger partial charge in [0.25, 0.3) is 5.91 Å². The molecule has 0 aromatic rings. The summed E-state index contributed by atoms with van der Waals surface area (Å²) in [4.78, 5) is 11.0. The SMILES string of the molecule is CCCOC(COC)C(=O)NN. The second kappa shape index (κ2) is 7.02. The topological polar surface area (TPSA) is 73.6 Å². The van der Waals surface area contributed by atoms with Gasteiger partial charge in [-0.1, -0.05) is 6.92 Å². The van der Waals surface area contributed by atoms with Gasteiger partial charge in [0.05, 0.1) is 6.61 Å². The summed E-state index contributed by atoms with van der Waals surface area (Å²) in [6.45, 7) is 2.72. The lowest BCUT2D eigenvalue weighted by Gasteiger charge is -2.14. The van der Waals surface area contributed by atoms with Crippen LogP contribution in [0.2, 0.25) is 0 Å². The Hall–Kier alpha value is -0.650. The molecule has 72 valence electrons. The lowest BCUT2D eigenvalue weighted by atomic mass is 10.3. The Morgan fingerprint density at radius 3 is 2.75 bits per heavy atom. The Bertz CT molecular complexity index is 130. The fraction of sp³-hybridized carbons (Fsp3) is 0.857. The number of hydrazine groups is 1. The van der Waals surface area contributed by atoms with Crippen LogP contribution in [0.1, 0.15) is 13.3 Å². The van der Waals surface area contributed by atoms with Crippen LogP contribution in [-0.4, -0.2) is 32.3 Å². The van der Waals surface area contributed by atoms with Gasteiger partial charge in [-0.3, -0.25) is 10.2 Å². The number of rotatable bonds is 6. The van der Waals surface area contributed by atoms with Crippen molar-refractivity contribution in [3.05, 3.63) is 0 Å². The van der Waals surface area contributed by atoms with E-state index in [1.165, 1.54) is 7.11 Å². The predicted molar refractivity (Wildman–Crippen MR) is 44.2 cm³/mol. The maximum absolute atomic E-state index is 11.0. The van der Waals surface area contributed by atoms with E-state index in [0.717, 1.165) is 6.42 Å². The fourth-order valence-corrected chi connectivity index (χ4v) is 0.704. The zero-order valence-corrected chi connectivity index (χ0v) is 7.50. The molecule has 0 aliphatic rings. The van der Waals surface area contributed by atoms with Gasteiger partial charge in [-0.05, 0) is 6.42 Å². The maximum Gasteiger partial charge on any atom is 0.265 e. The Morgan fingerprint density at radius 1 is 1.67 bits per heavy atom. The number of hydrogen-bond acceptors (Lipinski definition) is 4. The van der Waals surface area contributed by atoms with E-state index < -0.39 is 6.10 Å². The summed E-state index contributed by atoms with van der Waals surface area (Å²) >= 11 is 0. The summed E-state index contributed by atoms with van der Waals surface area (Å²) < 4.78 is 9.95. The number of carbonyl (C=O) groups is 1. The first-order valence-electron chi connectivity index (χ1n) is 3.87. The van der Waals surface area contributed by atoms with Crippen molar-refractivity contribution >= 4 is 5.91 Å². The number of carbonyl (C=O) groups excluding carboxylic acids is 1. The zero-order valence-electron chi connectivity index (χ0n) is 7.50. The molecule has 0 fully saturated rings. The average Bonchev–Trinajstić information content (AvgIpc) is 2.11. The molecule has 0 saturated carbocycles. The molecule has 0 radical (unpaired) electrons. The minimum absolute atomic E-state index is 0.225. The van der Waals surface area contributed by atoms with Crippen molar-refractivity contribution in [1.82, 2.24) is 5.43 Å². The van der Waals surface area contributed by atoms with Gasteiger partial charge in [0, 0.05) is 13.7 Å². The normalized spacial score (nSPS) is 12.6. The molecular formula is C7H16N2O3. The van der Waals surface area contributed by atoms with Crippen molar-refractivity contribution in [2.45, 2.75) is 19.4 Å². The third-order valence-corrected chi connectivity index (χ3v) is 1.28. The van der Waals surface area contributed by atoms with Gasteiger partial charge in [0.1, 0.15) is 0 Å². The van der Waals surface area contributed by atoms with Crippen molar-refractivity contribution < 1.29 is 14.3 Å². The average molecular weight is 176 g/mol. The second-order valence-corrected chi connectivity index (χ2v) is 2.32. The zero-order chi connectivity index (χ0) is 9.40. The molecule has 0 aromatic heterocycles. The van der Waals surface area contributed by atoms with Gasteiger partial charge in [-0.25, -0.2) is 5.84 Å². The fourth-order valence-electron chi connectivity index (χ4n) is 0.704. The van der Waals surface area contributed by atoms with Gasteiger partial charge in [0.15, 0.2) is 6.10 Å². The molecule has 3 N–H and O–H groups in total. The highest BCUT2D eigenvalue weighted by atomic mass is 16.5. The van der Waals surface area contributed by atoms with E-state index in [4.69, 9.17) is 15.3 Å². The molecule has 5 nitrogen and oxygen atoms in total. The lowest BCUT2D eigenvalue weighted by molar-refractivity contribution is -0.136. The Labute approximate surface area is 72.2 Å². The van der Waals surface area contributed by atoms with Crippen molar-refractivity contribution in [3.63, 3.8) is 0 Å². The monoisotopic (exact) mass is 176 g/mol. The summed E-state index contributed by atoms with van der Waals surface area (Å²) in [7, 11) is 1.51. The smallest absolute Gasteiger partial charge is 0.265 e. The van der Waals surface area contributed by atoms with Crippen LogP contribution in [0.4, 0.5) is 0 Å². The molecule has 0 saturated heterocycles. The molecular weight excluding hydrogens is 160 g/mol. The molecule has 5 heteroatoms. The molecule has 1 unspecified atom stereocenters. The second-order valence-electron chi connectivity index (χ2n) is 2.32. The van der Waals surface area contributed by atoms with Gasteiger partial charge in [0.2, 0.25) is 0 Å². The largest absolute Gasteiger partial charge is 0.381 e. The van der Waals surface area contributed by atoms with E-state index in [1.807, 2.05) is 12.3 Å². The van der Waals surface area contributed by atoms with Crippen molar-refractivity contribution in [2.24, 2.45) is 5.84 Å². The molecule has 0 heterocycles. The molecule has 0 spiro atoms. The van der Waals surface area contributed by atoms with Crippen LogP contribution in [0.5, 0.6) is 0 Å². The summed E-state index contributed by atoms with van der Waals surface area (Å²) in [5.41, 5.74) is 2.01. The first-order valence-corrected chi connectivity index (χ1v) is 3.87. The first-order chi connectivity index (χ1) is 5.76. The lowest BCUT2D eigenvalue weighted by Crippen LogP contribution is -2.42. The maximum atomic E-state index is 11.0. The summed E-state index contributed by atoms with van der Waals surface area (Å²) in [6.07, 6.45) is 0.262. The van der Waals surface area contributed by atoms with Gasteiger partial charge in [-0.2, -0.15) is 0 Å². The van der Waals surface area contributed by atoms with Crippen LogP contribution in [0.15, 0.2) is 0 Å². The molecule has 0 rings (SSSR count). The predicted octanol–water partition coefficient (Wildman–Crippen LogP) is -0.582. The molecule has 0 aliphatic carbocycles. The minimum Gasteiger partial charge on any atom is -0.381 e. The molecule has 12 heavy (non-hydrogen) atoms. The molecule has 1 amide bonds. The van der Waals surface area contributed by atoms with Crippen LogP contribution in [0.3, 0.4) is 0 Å². The first kappa shape index (κ1) is 11.4. The van der Waals surface area contributed by atoms with Crippen molar-refractivity contribution in [3.8, 4) is 0 Å². The van der Waals surface area contributed by atoms with E-state index in [-0.39, 0.29) is 12.5 Å². The van der Waals surface area contributed by atoms with E-state index in [9.17, 15) is 4.79 Å². The standard InChI is InChI=1S/C7H16N2O3/c1-3-4-12-6(5-11-2)7(10)9-8/h6H,3-5,8H2,1-2H3,(H,9,10). The number of ether oxygens (including phenoxy) is 2. The van der Waals surface area contributed by atoms with Gasteiger partial charge in [-0.15, -0.1) is 0 Å². The van der Waals surface area contributed by atoms with Crippen LogP contribution >= 0.6 is 0 Å². The minimum atomic E-state index is -0.597. The highest BCUT2D eigenvalue weighted by Gasteiger charge is 2.16. The molecule has 0 aromatic carbocycles. The van der Waals surface area contributed by atoms with E-state index >= 15 is 0 Å². The highest BCUT2D eigenvalue weighted by Crippen LogP contribution is 1.94. The summed E-state index contributed by atoms with van der Waals surface area (Å²) in [6, 6.07) is 0. The Balaban J connectivity index is 3.76. The number of nitrogens with two attached hydrogens (primary N) is 1. The third-order valence-electron chi connectivity index (χ3n) is 1.28. The number of nitrogens with one attached hydrogen (secondary N) is 1. The van der Waals surface area contributed by atoms with Crippen molar-refractivity contribution in [2.75, 3.05) is 20.3 Å². The van der Waals surface area contributed by atoms with Crippen LogP contribution in [0, 0.1) is 0 Å². The number of amides is 1. The van der Waals surface area contributed by atoms with E-state index in [0.29, 0.717) is 6.61 Å². The third kappa shape index (κ3) is 4.27. The summed E-state index contributed by atoms with van der Waals surface area (Å²) in [5, 5.41) is 0. The van der Waals surface area contributed by atoms with Crippen molar-refractivity contribution in [1.29, 1.82) is 0 Å². The Morgan fingerprint density at radius 2 is 2.33 bits per heavy atom. The van der Waals surface area contributed by atoms with E-state index in [1.54, 1.807) is 0 Å². The van der Waals surface area contributed by atoms with Crippen LogP contribution < -0.4 is 11.3 Å². The molecule has 1 atom stereocenters. The molecule has 0 aliphatic heterocycles. The number of hydrogen-bond donors (Lipinski definition) is 2. The van der Waals surface area contributed by atoms with E-state index in [2.05, 4.69) is 0 Å². The summed E-state index contributed by atoms with van der Waals surface area (Å²) in [5.74, 6) is 4.58. The van der Waals surface area contributed by atoms with Crippen LogP contribution in [0.25, 0.3) is 0 Å². The highest BCUT2D eigenvalue weighted by molar-refractivity contribution is 5.80. The Kier molecular flexibility index (Phi) is 6.64. The van der Waals surface area contributed by atoms with Gasteiger partial charge < -0.3 is 9.47 Å². The van der Waals surface area contributed by atoms with Gasteiger partial charge >= 0.3 is 0 Å².